The summed E-state index contributed by atoms with van der Waals surface area (Å²) in [6.45, 7) is 7.02. The molecule has 0 aliphatic carbocycles. The number of para-hydroxylation sites is 1. The van der Waals surface area contributed by atoms with E-state index >= 15 is 0 Å². The molecule has 3 rings (SSSR count). The second kappa shape index (κ2) is 5.67. The number of nitrogens with one attached hydrogen (secondary N) is 1. The monoisotopic (exact) mass is 297 g/mol. The SMILES string of the molecule is Cc1cc(C)n(CCNC(=O)c2oc3ccccc3c2C)n1. The van der Waals surface area contributed by atoms with Gasteiger partial charge in [0.15, 0.2) is 5.76 Å². The van der Waals surface area contributed by atoms with Crippen molar-refractivity contribution in [3.8, 4) is 0 Å². The Labute approximate surface area is 128 Å². The van der Waals surface area contributed by atoms with E-state index in [1.807, 2.05) is 55.8 Å². The van der Waals surface area contributed by atoms with Crippen molar-refractivity contribution in [1.82, 2.24) is 15.1 Å². The highest BCUT2D eigenvalue weighted by molar-refractivity contribution is 5.98. The molecule has 1 aromatic carbocycles. The van der Waals surface area contributed by atoms with Gasteiger partial charge in [0.05, 0.1) is 12.2 Å². The molecular weight excluding hydrogens is 278 g/mol. The maximum absolute atomic E-state index is 12.3. The lowest BCUT2D eigenvalue weighted by Gasteiger charge is -2.06. The number of aryl methyl sites for hydroxylation is 3. The lowest BCUT2D eigenvalue weighted by molar-refractivity contribution is 0.0925. The third-order valence-corrected chi connectivity index (χ3v) is 3.76. The minimum atomic E-state index is -0.185. The molecule has 0 fully saturated rings. The molecule has 0 unspecified atom stereocenters. The second-order valence-electron chi connectivity index (χ2n) is 5.46. The molecule has 0 saturated heterocycles. The molecule has 114 valence electrons. The van der Waals surface area contributed by atoms with Crippen LogP contribution in [0.1, 0.15) is 27.5 Å². The fraction of sp³-hybridized carbons (Fsp3) is 0.294. The third-order valence-electron chi connectivity index (χ3n) is 3.76. The molecule has 0 atom stereocenters. The summed E-state index contributed by atoms with van der Waals surface area (Å²) >= 11 is 0. The maximum Gasteiger partial charge on any atom is 0.287 e. The first-order valence-electron chi connectivity index (χ1n) is 7.33. The van der Waals surface area contributed by atoms with Gasteiger partial charge in [-0.1, -0.05) is 18.2 Å². The molecule has 3 aromatic rings. The Balaban J connectivity index is 1.68. The van der Waals surface area contributed by atoms with E-state index in [0.29, 0.717) is 18.8 Å². The highest BCUT2D eigenvalue weighted by atomic mass is 16.3. The zero-order valence-corrected chi connectivity index (χ0v) is 13.0. The number of rotatable bonds is 4. The molecule has 5 nitrogen and oxygen atoms in total. The molecule has 0 saturated carbocycles. The van der Waals surface area contributed by atoms with Crippen LogP contribution in [0.15, 0.2) is 34.7 Å². The normalized spacial score (nSPS) is 11.0. The topological polar surface area (TPSA) is 60.1 Å². The molecule has 1 amide bonds. The molecule has 0 aliphatic rings. The number of hydrogen-bond acceptors (Lipinski definition) is 3. The van der Waals surface area contributed by atoms with Crippen molar-refractivity contribution in [2.24, 2.45) is 0 Å². The first kappa shape index (κ1) is 14.4. The van der Waals surface area contributed by atoms with Crippen LogP contribution in [-0.2, 0) is 6.54 Å². The number of amides is 1. The van der Waals surface area contributed by atoms with E-state index in [0.717, 1.165) is 27.9 Å². The number of benzene rings is 1. The Hall–Kier alpha value is -2.56. The smallest absolute Gasteiger partial charge is 0.287 e. The van der Waals surface area contributed by atoms with Crippen LogP contribution in [0.4, 0.5) is 0 Å². The first-order valence-corrected chi connectivity index (χ1v) is 7.33. The lowest BCUT2D eigenvalue weighted by Crippen LogP contribution is -2.27. The number of fused-ring (bicyclic) bond motifs is 1. The highest BCUT2D eigenvalue weighted by Gasteiger charge is 2.16. The Morgan fingerprint density at radius 2 is 2.05 bits per heavy atom. The number of hydrogen-bond donors (Lipinski definition) is 1. The van der Waals surface area contributed by atoms with Crippen LogP contribution in [0, 0.1) is 20.8 Å². The van der Waals surface area contributed by atoms with Crippen molar-refractivity contribution in [2.45, 2.75) is 27.3 Å². The van der Waals surface area contributed by atoms with Crippen LogP contribution in [-0.4, -0.2) is 22.2 Å². The van der Waals surface area contributed by atoms with Crippen molar-refractivity contribution < 1.29 is 9.21 Å². The minimum absolute atomic E-state index is 0.185. The molecule has 2 heterocycles. The van der Waals surface area contributed by atoms with Gasteiger partial charge in [-0.3, -0.25) is 9.48 Å². The number of nitrogens with zero attached hydrogens (tertiary/aromatic N) is 2. The summed E-state index contributed by atoms with van der Waals surface area (Å²) in [5.74, 6) is 0.199. The summed E-state index contributed by atoms with van der Waals surface area (Å²) in [7, 11) is 0. The molecule has 1 N–H and O–H groups in total. The van der Waals surface area contributed by atoms with Gasteiger partial charge in [0.2, 0.25) is 0 Å². The maximum atomic E-state index is 12.3. The van der Waals surface area contributed by atoms with E-state index in [4.69, 9.17) is 4.42 Å². The number of aromatic nitrogens is 2. The molecule has 0 radical (unpaired) electrons. The van der Waals surface area contributed by atoms with E-state index in [2.05, 4.69) is 10.4 Å². The van der Waals surface area contributed by atoms with Gasteiger partial charge in [-0.2, -0.15) is 5.10 Å². The van der Waals surface area contributed by atoms with E-state index < -0.39 is 0 Å². The Morgan fingerprint density at radius 3 is 2.73 bits per heavy atom. The van der Waals surface area contributed by atoms with Crippen LogP contribution >= 0.6 is 0 Å². The molecule has 2 aromatic heterocycles. The van der Waals surface area contributed by atoms with Crippen LogP contribution in [0.2, 0.25) is 0 Å². The van der Waals surface area contributed by atoms with Crippen LogP contribution in [0.25, 0.3) is 11.0 Å². The van der Waals surface area contributed by atoms with Gasteiger partial charge in [0.1, 0.15) is 5.58 Å². The molecule has 0 bridgehead atoms. The van der Waals surface area contributed by atoms with Crippen molar-refractivity contribution in [1.29, 1.82) is 0 Å². The average molecular weight is 297 g/mol. The second-order valence-corrected chi connectivity index (χ2v) is 5.46. The van der Waals surface area contributed by atoms with Gasteiger partial charge in [-0.25, -0.2) is 0 Å². The fourth-order valence-corrected chi connectivity index (χ4v) is 2.65. The van der Waals surface area contributed by atoms with E-state index in [-0.39, 0.29) is 5.91 Å². The van der Waals surface area contributed by atoms with Gasteiger partial charge in [0.25, 0.3) is 5.91 Å². The Bertz CT molecular complexity index is 830. The van der Waals surface area contributed by atoms with Gasteiger partial charge in [-0.05, 0) is 32.9 Å². The summed E-state index contributed by atoms with van der Waals surface area (Å²) in [6, 6.07) is 9.69. The van der Waals surface area contributed by atoms with Crippen molar-refractivity contribution >= 4 is 16.9 Å². The average Bonchev–Trinajstić information content (AvgIpc) is 2.99. The van der Waals surface area contributed by atoms with Crippen LogP contribution in [0.5, 0.6) is 0 Å². The summed E-state index contributed by atoms with van der Waals surface area (Å²) in [5, 5.41) is 8.24. The first-order chi connectivity index (χ1) is 10.6. The summed E-state index contributed by atoms with van der Waals surface area (Å²) in [4.78, 5) is 12.3. The van der Waals surface area contributed by atoms with Crippen molar-refractivity contribution in [3.63, 3.8) is 0 Å². The van der Waals surface area contributed by atoms with Crippen molar-refractivity contribution in [3.05, 3.63) is 53.0 Å². The number of carbonyl (C=O) groups is 1. The predicted molar refractivity (Wildman–Crippen MR) is 85.0 cm³/mol. The van der Waals surface area contributed by atoms with Crippen LogP contribution < -0.4 is 5.32 Å². The molecule has 0 aliphatic heterocycles. The van der Waals surface area contributed by atoms with E-state index in [1.54, 1.807) is 0 Å². The highest BCUT2D eigenvalue weighted by Crippen LogP contribution is 2.24. The van der Waals surface area contributed by atoms with Gasteiger partial charge >= 0.3 is 0 Å². The Morgan fingerprint density at radius 1 is 1.27 bits per heavy atom. The summed E-state index contributed by atoms with van der Waals surface area (Å²) in [5.41, 5.74) is 3.69. The van der Waals surface area contributed by atoms with Crippen molar-refractivity contribution in [2.75, 3.05) is 6.54 Å². The van der Waals surface area contributed by atoms with E-state index in [1.165, 1.54) is 0 Å². The van der Waals surface area contributed by atoms with E-state index in [9.17, 15) is 4.79 Å². The molecule has 0 spiro atoms. The quantitative estimate of drug-likeness (QED) is 0.805. The molecular formula is C17H19N3O2. The zero-order valence-electron chi connectivity index (χ0n) is 13.0. The Kier molecular flexibility index (Phi) is 3.71. The largest absolute Gasteiger partial charge is 0.451 e. The van der Waals surface area contributed by atoms with Gasteiger partial charge in [0, 0.05) is 23.2 Å². The summed E-state index contributed by atoms with van der Waals surface area (Å²) in [6.07, 6.45) is 0. The zero-order chi connectivity index (χ0) is 15.7. The van der Waals surface area contributed by atoms with Crippen LogP contribution in [0.3, 0.4) is 0 Å². The lowest BCUT2D eigenvalue weighted by atomic mass is 10.1. The molecule has 22 heavy (non-hydrogen) atoms. The number of carbonyl (C=O) groups excluding carboxylic acids is 1. The summed E-state index contributed by atoms with van der Waals surface area (Å²) < 4.78 is 7.55. The van der Waals surface area contributed by atoms with Gasteiger partial charge < -0.3 is 9.73 Å². The molecule has 5 heteroatoms. The third kappa shape index (κ3) is 2.62. The fourth-order valence-electron chi connectivity index (χ4n) is 2.65. The minimum Gasteiger partial charge on any atom is -0.451 e. The predicted octanol–water partition coefficient (Wildman–Crippen LogP) is 2.98. The number of furan rings is 1. The standard InChI is InChI=1S/C17H19N3O2/c1-11-10-12(2)20(19-11)9-8-18-17(21)16-13(3)14-6-4-5-7-15(14)22-16/h4-7,10H,8-9H2,1-3H3,(H,18,21). The van der Waals surface area contributed by atoms with Gasteiger partial charge in [-0.15, -0.1) is 0 Å².